The van der Waals surface area contributed by atoms with Crippen LogP contribution in [0.15, 0.2) is 48.5 Å². The minimum Gasteiger partial charge on any atom is -0.474 e. The predicted molar refractivity (Wildman–Crippen MR) is 103 cm³/mol. The van der Waals surface area contributed by atoms with Gasteiger partial charge in [-0.15, -0.1) is 0 Å². The molecule has 146 valence electrons. The van der Waals surface area contributed by atoms with Crippen molar-refractivity contribution in [3.05, 3.63) is 64.2 Å². The molecule has 0 spiro atoms. The number of carbonyl (C=O) groups is 2. The van der Waals surface area contributed by atoms with Crippen LogP contribution in [0.5, 0.6) is 5.75 Å². The molecule has 0 saturated carbocycles. The smallest absolute Gasteiger partial charge is 0.310 e. The topological polar surface area (TPSA) is 102 Å². The molecule has 1 unspecified atom stereocenters. The molecule has 0 aliphatic carbocycles. The summed E-state index contributed by atoms with van der Waals surface area (Å²) in [6.45, 7) is 2.91. The van der Waals surface area contributed by atoms with Crippen LogP contribution in [0.2, 0.25) is 0 Å². The molecule has 0 bridgehead atoms. The van der Waals surface area contributed by atoms with Gasteiger partial charge in [-0.25, -0.2) is 0 Å². The first-order valence-electron chi connectivity index (χ1n) is 9.06. The number of hydrogen-bond acceptors (Lipinski definition) is 5. The molecule has 1 atom stereocenters. The van der Waals surface area contributed by atoms with E-state index >= 15 is 0 Å². The lowest BCUT2D eigenvalue weighted by atomic mass is 10.1. The highest BCUT2D eigenvalue weighted by atomic mass is 16.6. The van der Waals surface area contributed by atoms with Crippen molar-refractivity contribution in [2.24, 2.45) is 0 Å². The van der Waals surface area contributed by atoms with Crippen LogP contribution in [0.4, 0.5) is 11.4 Å². The van der Waals surface area contributed by atoms with E-state index in [1.807, 2.05) is 0 Å². The molecule has 1 aliphatic rings. The first-order valence-corrected chi connectivity index (χ1v) is 9.06. The summed E-state index contributed by atoms with van der Waals surface area (Å²) < 4.78 is 5.49. The van der Waals surface area contributed by atoms with Gasteiger partial charge in [0.15, 0.2) is 11.9 Å². The minimum absolute atomic E-state index is 0.0107. The standard InChI is InChI=1S/C20H21N3O5/c1-14(28-18-11-5-4-10-17(18)23(26)27)19(24)21-16-9-3-2-8-15(16)20(25)22-12-6-7-13-22/h2-5,8-11,14H,6-7,12-13H2,1H3,(H,21,24). The third-order valence-electron chi connectivity index (χ3n) is 4.54. The molecule has 2 aromatic rings. The highest BCUT2D eigenvalue weighted by Gasteiger charge is 2.24. The molecule has 0 radical (unpaired) electrons. The number of carbonyl (C=O) groups excluding carboxylic acids is 2. The molecule has 1 fully saturated rings. The van der Waals surface area contributed by atoms with E-state index in [1.54, 1.807) is 35.2 Å². The molecule has 2 amide bonds. The van der Waals surface area contributed by atoms with Gasteiger partial charge in [-0.3, -0.25) is 19.7 Å². The van der Waals surface area contributed by atoms with Gasteiger partial charge in [-0.2, -0.15) is 0 Å². The fraction of sp³-hybridized carbons (Fsp3) is 0.300. The summed E-state index contributed by atoms with van der Waals surface area (Å²) in [7, 11) is 0. The summed E-state index contributed by atoms with van der Waals surface area (Å²) in [5.74, 6) is -0.614. The summed E-state index contributed by atoms with van der Waals surface area (Å²) in [6.07, 6.45) is 0.957. The number of likely N-dealkylation sites (tertiary alicyclic amines) is 1. The van der Waals surface area contributed by atoms with Crippen LogP contribution < -0.4 is 10.1 Å². The van der Waals surface area contributed by atoms with E-state index in [2.05, 4.69) is 5.32 Å². The van der Waals surface area contributed by atoms with Crippen molar-refractivity contribution in [3.63, 3.8) is 0 Å². The van der Waals surface area contributed by atoms with Crippen LogP contribution in [-0.4, -0.2) is 40.8 Å². The molecule has 1 saturated heterocycles. The van der Waals surface area contributed by atoms with Crippen LogP contribution in [0.1, 0.15) is 30.1 Å². The lowest BCUT2D eigenvalue weighted by Crippen LogP contribution is -2.32. The Morgan fingerprint density at radius 1 is 1.11 bits per heavy atom. The average molecular weight is 383 g/mol. The maximum Gasteiger partial charge on any atom is 0.310 e. The summed E-state index contributed by atoms with van der Waals surface area (Å²) in [4.78, 5) is 37.6. The van der Waals surface area contributed by atoms with Gasteiger partial charge in [-0.1, -0.05) is 24.3 Å². The zero-order chi connectivity index (χ0) is 20.1. The Morgan fingerprint density at radius 2 is 1.75 bits per heavy atom. The van der Waals surface area contributed by atoms with Gasteiger partial charge in [0.1, 0.15) is 0 Å². The van der Waals surface area contributed by atoms with Crippen molar-refractivity contribution < 1.29 is 19.2 Å². The first kappa shape index (κ1) is 19.3. The van der Waals surface area contributed by atoms with Gasteiger partial charge in [0.2, 0.25) is 0 Å². The fourth-order valence-corrected chi connectivity index (χ4v) is 3.06. The number of anilines is 1. The van der Waals surface area contributed by atoms with E-state index < -0.39 is 16.9 Å². The number of ether oxygens (including phenoxy) is 1. The molecular weight excluding hydrogens is 362 g/mol. The summed E-state index contributed by atoms with van der Waals surface area (Å²) in [6, 6.07) is 12.7. The van der Waals surface area contributed by atoms with Crippen molar-refractivity contribution in [1.82, 2.24) is 4.90 Å². The van der Waals surface area contributed by atoms with Gasteiger partial charge < -0.3 is 15.0 Å². The summed E-state index contributed by atoms with van der Waals surface area (Å²) >= 11 is 0. The van der Waals surface area contributed by atoms with Crippen molar-refractivity contribution in [2.45, 2.75) is 25.9 Å². The maximum absolute atomic E-state index is 12.7. The summed E-state index contributed by atoms with van der Waals surface area (Å²) in [5.41, 5.74) is 0.588. The van der Waals surface area contributed by atoms with E-state index in [-0.39, 0.29) is 17.3 Å². The molecule has 8 nitrogen and oxygen atoms in total. The van der Waals surface area contributed by atoms with E-state index in [1.165, 1.54) is 25.1 Å². The molecule has 2 aromatic carbocycles. The molecule has 1 N–H and O–H groups in total. The number of nitro benzene ring substituents is 1. The van der Waals surface area contributed by atoms with Crippen LogP contribution >= 0.6 is 0 Å². The maximum atomic E-state index is 12.7. The van der Waals surface area contributed by atoms with Gasteiger partial charge in [0, 0.05) is 19.2 Å². The zero-order valence-corrected chi connectivity index (χ0v) is 15.5. The van der Waals surface area contributed by atoms with Crippen molar-refractivity contribution in [2.75, 3.05) is 18.4 Å². The average Bonchev–Trinajstić information content (AvgIpc) is 3.23. The number of nitrogens with one attached hydrogen (secondary N) is 1. The van der Waals surface area contributed by atoms with Crippen molar-refractivity contribution in [3.8, 4) is 5.75 Å². The highest BCUT2D eigenvalue weighted by molar-refractivity contribution is 6.04. The Morgan fingerprint density at radius 3 is 2.46 bits per heavy atom. The largest absolute Gasteiger partial charge is 0.474 e. The van der Waals surface area contributed by atoms with Gasteiger partial charge in [0.25, 0.3) is 11.8 Å². The minimum atomic E-state index is -0.990. The van der Waals surface area contributed by atoms with Gasteiger partial charge >= 0.3 is 5.69 Å². The third-order valence-corrected chi connectivity index (χ3v) is 4.54. The first-order chi connectivity index (χ1) is 13.5. The van der Waals surface area contributed by atoms with E-state index in [0.717, 1.165) is 12.8 Å². The van der Waals surface area contributed by atoms with Crippen LogP contribution in [0.3, 0.4) is 0 Å². The zero-order valence-electron chi connectivity index (χ0n) is 15.5. The van der Waals surface area contributed by atoms with Crippen LogP contribution in [0.25, 0.3) is 0 Å². The van der Waals surface area contributed by atoms with Crippen LogP contribution in [-0.2, 0) is 4.79 Å². The lowest BCUT2D eigenvalue weighted by Gasteiger charge is -2.19. The second-order valence-corrected chi connectivity index (χ2v) is 6.52. The number of rotatable bonds is 6. The predicted octanol–water partition coefficient (Wildman–Crippen LogP) is 3.24. The molecule has 28 heavy (non-hydrogen) atoms. The molecule has 8 heteroatoms. The number of benzene rings is 2. The van der Waals surface area contributed by atoms with Gasteiger partial charge in [-0.05, 0) is 38.0 Å². The number of hydrogen-bond donors (Lipinski definition) is 1. The van der Waals surface area contributed by atoms with E-state index in [9.17, 15) is 19.7 Å². The lowest BCUT2D eigenvalue weighted by molar-refractivity contribution is -0.386. The normalized spacial score (nSPS) is 14.4. The Balaban J connectivity index is 1.73. The number of amides is 2. The monoisotopic (exact) mass is 383 g/mol. The van der Waals surface area contributed by atoms with Gasteiger partial charge in [0.05, 0.1) is 16.2 Å². The second kappa shape index (κ2) is 8.51. The van der Waals surface area contributed by atoms with E-state index in [0.29, 0.717) is 24.3 Å². The van der Waals surface area contributed by atoms with Crippen molar-refractivity contribution in [1.29, 1.82) is 0 Å². The van der Waals surface area contributed by atoms with E-state index in [4.69, 9.17) is 4.74 Å². The third kappa shape index (κ3) is 4.28. The fourth-order valence-electron chi connectivity index (χ4n) is 3.06. The molecule has 3 rings (SSSR count). The molecule has 1 aliphatic heterocycles. The second-order valence-electron chi connectivity index (χ2n) is 6.52. The number of nitro groups is 1. The summed E-state index contributed by atoms with van der Waals surface area (Å²) in [5, 5.41) is 13.8. The highest BCUT2D eigenvalue weighted by Crippen LogP contribution is 2.27. The molecule has 0 aromatic heterocycles. The van der Waals surface area contributed by atoms with Crippen molar-refractivity contribution >= 4 is 23.2 Å². The molecular formula is C20H21N3O5. The number of para-hydroxylation sites is 3. The molecule has 1 heterocycles. The SMILES string of the molecule is CC(Oc1ccccc1[N+](=O)[O-])C(=O)Nc1ccccc1C(=O)N1CCCC1. The Hall–Kier alpha value is -3.42. The Bertz CT molecular complexity index is 893. The number of nitrogens with zero attached hydrogens (tertiary/aromatic N) is 2. The van der Waals surface area contributed by atoms with Crippen LogP contribution in [0, 0.1) is 10.1 Å². The quantitative estimate of drug-likeness (QED) is 0.609. The Labute approximate surface area is 162 Å². The Kier molecular flexibility index (Phi) is 5.88.